The second-order valence-corrected chi connectivity index (χ2v) is 4.97. The van der Waals surface area contributed by atoms with Gasteiger partial charge in [-0.3, -0.25) is 4.79 Å². The Balaban J connectivity index is 2.71. The molecule has 1 aromatic rings. The summed E-state index contributed by atoms with van der Waals surface area (Å²) >= 11 is 0. The summed E-state index contributed by atoms with van der Waals surface area (Å²) in [6.45, 7) is 9.02. The molecule has 0 aliphatic carbocycles. The van der Waals surface area contributed by atoms with E-state index in [4.69, 9.17) is 5.73 Å². The third kappa shape index (κ3) is 3.48. The molecule has 0 bridgehead atoms. The summed E-state index contributed by atoms with van der Waals surface area (Å²) in [5, 5.41) is 2.94. The van der Waals surface area contributed by atoms with Crippen LogP contribution in [-0.4, -0.2) is 12.5 Å². The topological polar surface area (TPSA) is 55.1 Å². The number of amides is 1. The van der Waals surface area contributed by atoms with Gasteiger partial charge in [0, 0.05) is 12.2 Å². The van der Waals surface area contributed by atoms with Crippen LogP contribution >= 0.6 is 0 Å². The van der Waals surface area contributed by atoms with E-state index in [1.54, 1.807) is 6.07 Å². The Bertz CT molecular complexity index is 379. The number of hydrogen-bond acceptors (Lipinski definition) is 2. The van der Waals surface area contributed by atoms with Gasteiger partial charge < -0.3 is 11.1 Å². The summed E-state index contributed by atoms with van der Waals surface area (Å²) in [7, 11) is 0. The molecule has 0 aromatic heterocycles. The first-order valence-corrected chi connectivity index (χ1v) is 6.06. The van der Waals surface area contributed by atoms with E-state index in [1.165, 1.54) is 0 Å². The number of anilines is 1. The molecule has 0 radical (unpaired) electrons. The lowest BCUT2D eigenvalue weighted by molar-refractivity contribution is 0.0945. The molecule has 0 spiro atoms. The van der Waals surface area contributed by atoms with Crippen molar-refractivity contribution in [3.8, 4) is 0 Å². The van der Waals surface area contributed by atoms with Crippen molar-refractivity contribution in [2.75, 3.05) is 12.3 Å². The van der Waals surface area contributed by atoms with Crippen molar-refractivity contribution < 1.29 is 4.79 Å². The molecule has 3 N–H and O–H groups in total. The van der Waals surface area contributed by atoms with Crippen molar-refractivity contribution in [1.29, 1.82) is 0 Å². The summed E-state index contributed by atoms with van der Waals surface area (Å²) < 4.78 is 0. The molecule has 3 heteroatoms. The van der Waals surface area contributed by atoms with Crippen molar-refractivity contribution in [3.05, 3.63) is 29.3 Å². The van der Waals surface area contributed by atoms with Crippen LogP contribution in [0.3, 0.4) is 0 Å². The summed E-state index contributed by atoms with van der Waals surface area (Å²) in [6.07, 6.45) is 0. The van der Waals surface area contributed by atoms with Crippen molar-refractivity contribution in [1.82, 2.24) is 5.32 Å². The molecule has 1 amide bonds. The normalized spacial score (nSPS) is 12.5. The zero-order chi connectivity index (χ0) is 13.0. The Labute approximate surface area is 103 Å². The highest BCUT2D eigenvalue weighted by molar-refractivity contribution is 6.00. The van der Waals surface area contributed by atoms with Gasteiger partial charge >= 0.3 is 0 Å². The number of nitrogens with one attached hydrogen (secondary N) is 1. The number of nitrogen functional groups attached to an aromatic ring is 1. The van der Waals surface area contributed by atoms with Gasteiger partial charge in [-0.25, -0.2) is 0 Å². The molecule has 94 valence electrons. The van der Waals surface area contributed by atoms with Crippen LogP contribution in [0.5, 0.6) is 0 Å². The number of nitrogens with two attached hydrogens (primary N) is 1. The Kier molecular flexibility index (Phi) is 4.55. The van der Waals surface area contributed by atoms with Crippen molar-refractivity contribution in [2.24, 2.45) is 11.8 Å². The molecule has 1 aromatic carbocycles. The Morgan fingerprint density at radius 1 is 1.35 bits per heavy atom. The first-order chi connectivity index (χ1) is 7.93. The van der Waals surface area contributed by atoms with E-state index >= 15 is 0 Å². The fourth-order valence-electron chi connectivity index (χ4n) is 1.58. The van der Waals surface area contributed by atoms with E-state index in [0.717, 1.165) is 5.56 Å². The van der Waals surface area contributed by atoms with E-state index < -0.39 is 0 Å². The maximum absolute atomic E-state index is 12.0. The minimum atomic E-state index is -0.0758. The van der Waals surface area contributed by atoms with Crippen LogP contribution in [0.25, 0.3) is 0 Å². The second kappa shape index (κ2) is 5.71. The van der Waals surface area contributed by atoms with Crippen molar-refractivity contribution in [3.63, 3.8) is 0 Å². The first-order valence-electron chi connectivity index (χ1n) is 6.06. The largest absolute Gasteiger partial charge is 0.398 e. The zero-order valence-electron chi connectivity index (χ0n) is 11.1. The number of aryl methyl sites for hydroxylation is 1. The zero-order valence-corrected chi connectivity index (χ0v) is 11.1. The Morgan fingerprint density at radius 2 is 2.00 bits per heavy atom. The molecule has 0 saturated heterocycles. The minimum absolute atomic E-state index is 0.0758. The van der Waals surface area contributed by atoms with Crippen LogP contribution in [0.4, 0.5) is 5.69 Å². The lowest BCUT2D eigenvalue weighted by Gasteiger charge is -2.17. The monoisotopic (exact) mass is 234 g/mol. The van der Waals surface area contributed by atoms with Crippen molar-refractivity contribution in [2.45, 2.75) is 27.7 Å². The summed E-state index contributed by atoms with van der Waals surface area (Å²) in [5.74, 6) is 0.946. The second-order valence-electron chi connectivity index (χ2n) is 4.97. The SMILES string of the molecule is Cc1cccc(N)c1C(=O)NCC(C)C(C)C. The van der Waals surface area contributed by atoms with Crippen molar-refractivity contribution >= 4 is 11.6 Å². The summed E-state index contributed by atoms with van der Waals surface area (Å²) in [4.78, 5) is 12.0. The fraction of sp³-hybridized carbons (Fsp3) is 0.500. The standard InChI is InChI=1S/C14H22N2O/c1-9(2)11(4)8-16-14(17)13-10(3)6-5-7-12(13)15/h5-7,9,11H,8,15H2,1-4H3,(H,16,17). The average Bonchev–Trinajstić information content (AvgIpc) is 2.25. The van der Waals surface area contributed by atoms with E-state index in [-0.39, 0.29) is 5.91 Å². The molecule has 1 atom stereocenters. The fourth-order valence-corrected chi connectivity index (χ4v) is 1.58. The molecular weight excluding hydrogens is 212 g/mol. The highest BCUT2D eigenvalue weighted by Gasteiger charge is 2.14. The molecule has 0 aliphatic rings. The molecule has 1 unspecified atom stereocenters. The minimum Gasteiger partial charge on any atom is -0.398 e. The molecular formula is C14H22N2O. The summed E-state index contributed by atoms with van der Waals surface area (Å²) in [6, 6.07) is 5.52. The van der Waals surface area contributed by atoms with E-state index in [9.17, 15) is 4.79 Å². The number of carbonyl (C=O) groups excluding carboxylic acids is 1. The highest BCUT2D eigenvalue weighted by Crippen LogP contribution is 2.16. The van der Waals surface area contributed by atoms with Gasteiger partial charge in [0.15, 0.2) is 0 Å². The maximum atomic E-state index is 12.0. The highest BCUT2D eigenvalue weighted by atomic mass is 16.1. The van der Waals surface area contributed by atoms with Crippen LogP contribution in [0.1, 0.15) is 36.7 Å². The molecule has 17 heavy (non-hydrogen) atoms. The van der Waals surface area contributed by atoms with Gasteiger partial charge in [-0.05, 0) is 30.4 Å². The van der Waals surface area contributed by atoms with Gasteiger partial charge in [0.25, 0.3) is 5.91 Å². The maximum Gasteiger partial charge on any atom is 0.253 e. The molecule has 0 aliphatic heterocycles. The van der Waals surface area contributed by atoms with Gasteiger partial charge in [-0.2, -0.15) is 0 Å². The van der Waals surface area contributed by atoms with Gasteiger partial charge in [0.1, 0.15) is 0 Å². The summed E-state index contributed by atoms with van der Waals surface area (Å²) in [5.41, 5.74) is 7.89. The van der Waals surface area contributed by atoms with Crippen LogP contribution in [0, 0.1) is 18.8 Å². The van der Waals surface area contributed by atoms with Gasteiger partial charge in [-0.1, -0.05) is 32.9 Å². The molecule has 3 nitrogen and oxygen atoms in total. The Hall–Kier alpha value is -1.51. The quantitative estimate of drug-likeness (QED) is 0.787. The van der Waals surface area contributed by atoms with E-state index in [1.807, 2.05) is 19.1 Å². The molecule has 0 saturated carbocycles. The number of benzene rings is 1. The van der Waals surface area contributed by atoms with Crippen LogP contribution < -0.4 is 11.1 Å². The Morgan fingerprint density at radius 3 is 2.53 bits per heavy atom. The molecule has 1 rings (SSSR count). The number of rotatable bonds is 4. The third-order valence-corrected chi connectivity index (χ3v) is 3.25. The van der Waals surface area contributed by atoms with Crippen LogP contribution in [0.2, 0.25) is 0 Å². The van der Waals surface area contributed by atoms with Gasteiger partial charge in [0.05, 0.1) is 5.56 Å². The lowest BCUT2D eigenvalue weighted by atomic mass is 9.98. The average molecular weight is 234 g/mol. The van der Waals surface area contributed by atoms with Crippen LogP contribution in [-0.2, 0) is 0 Å². The predicted octanol–water partition coefficient (Wildman–Crippen LogP) is 2.60. The third-order valence-electron chi connectivity index (χ3n) is 3.25. The van der Waals surface area contributed by atoms with Gasteiger partial charge in [-0.15, -0.1) is 0 Å². The number of carbonyl (C=O) groups is 1. The smallest absolute Gasteiger partial charge is 0.253 e. The van der Waals surface area contributed by atoms with E-state index in [2.05, 4.69) is 26.1 Å². The molecule has 0 heterocycles. The number of hydrogen-bond donors (Lipinski definition) is 2. The lowest BCUT2D eigenvalue weighted by Crippen LogP contribution is -2.31. The van der Waals surface area contributed by atoms with Gasteiger partial charge in [0.2, 0.25) is 0 Å². The first kappa shape index (κ1) is 13.6. The van der Waals surface area contributed by atoms with E-state index in [0.29, 0.717) is 29.6 Å². The van der Waals surface area contributed by atoms with Crippen LogP contribution in [0.15, 0.2) is 18.2 Å². The molecule has 0 fully saturated rings. The predicted molar refractivity (Wildman–Crippen MR) is 71.9 cm³/mol.